The first-order valence-corrected chi connectivity index (χ1v) is 13.0. The van der Waals surface area contributed by atoms with Gasteiger partial charge >= 0.3 is 5.97 Å². The zero-order valence-electron chi connectivity index (χ0n) is 21.6. The predicted octanol–water partition coefficient (Wildman–Crippen LogP) is 5.96. The normalized spacial score (nSPS) is 16.1. The number of hydrogen-bond donors (Lipinski definition) is 2. The lowest BCUT2D eigenvalue weighted by atomic mass is 9.72. The van der Waals surface area contributed by atoms with Gasteiger partial charge in [-0.1, -0.05) is 32.9 Å². The van der Waals surface area contributed by atoms with E-state index in [0.29, 0.717) is 22.0 Å². The van der Waals surface area contributed by atoms with Crippen molar-refractivity contribution in [3.8, 4) is 17.5 Å². The van der Waals surface area contributed by atoms with Gasteiger partial charge < -0.3 is 15.0 Å². The van der Waals surface area contributed by atoms with Crippen LogP contribution >= 0.6 is 11.3 Å². The molecule has 1 aliphatic carbocycles. The van der Waals surface area contributed by atoms with Crippen molar-refractivity contribution in [2.24, 2.45) is 11.3 Å². The summed E-state index contributed by atoms with van der Waals surface area (Å²) >= 11 is 1.47. The highest BCUT2D eigenvalue weighted by Gasteiger charge is 2.33. The summed E-state index contributed by atoms with van der Waals surface area (Å²) < 4.78 is 5.42. The maximum atomic E-state index is 12.9. The van der Waals surface area contributed by atoms with Gasteiger partial charge in [0.05, 0.1) is 16.8 Å². The van der Waals surface area contributed by atoms with E-state index in [1.165, 1.54) is 23.1 Å². The fourth-order valence-electron chi connectivity index (χ4n) is 4.48. The molecule has 188 valence electrons. The number of esters is 1. The monoisotopic (exact) mass is 504 g/mol. The van der Waals surface area contributed by atoms with Crippen molar-refractivity contribution < 1.29 is 14.3 Å². The minimum atomic E-state index is -1.01. The number of nitrogens with zero attached hydrogens (tertiary/aromatic N) is 2. The quantitative estimate of drug-likeness (QED) is 0.417. The molecule has 0 aliphatic heterocycles. The summed E-state index contributed by atoms with van der Waals surface area (Å²) in [7, 11) is 0. The van der Waals surface area contributed by atoms with Crippen molar-refractivity contribution in [3.63, 3.8) is 0 Å². The van der Waals surface area contributed by atoms with Crippen molar-refractivity contribution in [2.45, 2.75) is 66.9 Å². The number of rotatable bonds is 5. The number of aromatic nitrogens is 2. The van der Waals surface area contributed by atoms with Gasteiger partial charge in [0.25, 0.3) is 5.91 Å². The number of aryl methyl sites for hydroxylation is 2. The van der Waals surface area contributed by atoms with Crippen molar-refractivity contribution in [1.82, 2.24) is 9.97 Å². The zero-order valence-corrected chi connectivity index (χ0v) is 22.4. The lowest BCUT2D eigenvalue weighted by Gasteiger charge is -2.33. The summed E-state index contributed by atoms with van der Waals surface area (Å²) in [6.45, 7) is 12.1. The number of imidazole rings is 1. The molecule has 2 heterocycles. The van der Waals surface area contributed by atoms with E-state index in [-0.39, 0.29) is 5.41 Å². The molecule has 2 unspecified atom stereocenters. The van der Waals surface area contributed by atoms with Gasteiger partial charge in [0, 0.05) is 16.1 Å². The highest BCUT2D eigenvalue weighted by Crippen LogP contribution is 2.44. The Morgan fingerprint density at radius 1 is 1.25 bits per heavy atom. The van der Waals surface area contributed by atoms with E-state index in [1.807, 2.05) is 13.8 Å². The zero-order chi connectivity index (χ0) is 26.2. The molecule has 0 radical (unpaired) electrons. The van der Waals surface area contributed by atoms with Gasteiger partial charge in [0.15, 0.2) is 6.10 Å². The third-order valence-electron chi connectivity index (χ3n) is 7.01. The van der Waals surface area contributed by atoms with E-state index in [1.54, 1.807) is 24.3 Å². The maximum Gasteiger partial charge on any atom is 0.338 e. The first-order chi connectivity index (χ1) is 17.0. The van der Waals surface area contributed by atoms with E-state index in [0.717, 1.165) is 47.6 Å². The number of aromatic amines is 1. The number of anilines is 1. The van der Waals surface area contributed by atoms with Gasteiger partial charge in [-0.15, -0.1) is 11.3 Å². The Morgan fingerprint density at radius 2 is 1.94 bits per heavy atom. The highest BCUT2D eigenvalue weighted by atomic mass is 32.1. The lowest BCUT2D eigenvalue weighted by Crippen LogP contribution is -2.30. The number of fused-ring (bicyclic) bond motifs is 1. The molecular formula is C28H32N4O3S. The van der Waals surface area contributed by atoms with Gasteiger partial charge in [-0.05, 0) is 69.1 Å². The second-order valence-electron chi connectivity index (χ2n) is 10.5. The van der Waals surface area contributed by atoms with Crippen LogP contribution in [0.15, 0.2) is 24.3 Å². The van der Waals surface area contributed by atoms with Crippen molar-refractivity contribution in [3.05, 3.63) is 57.2 Å². The Balaban J connectivity index is 1.41. The van der Waals surface area contributed by atoms with Gasteiger partial charge in [-0.2, -0.15) is 5.26 Å². The van der Waals surface area contributed by atoms with Crippen LogP contribution in [0.4, 0.5) is 5.00 Å². The lowest BCUT2D eigenvalue weighted by molar-refractivity contribution is -0.123. The van der Waals surface area contributed by atoms with E-state index < -0.39 is 18.0 Å². The molecule has 0 saturated heterocycles. The molecule has 3 aromatic rings. The Labute approximate surface area is 215 Å². The molecule has 4 rings (SSSR count). The van der Waals surface area contributed by atoms with Crippen LogP contribution in [-0.2, 0) is 22.4 Å². The third-order valence-corrected chi connectivity index (χ3v) is 8.18. The minimum absolute atomic E-state index is 0.189. The summed E-state index contributed by atoms with van der Waals surface area (Å²) in [5, 5.41) is 13.1. The van der Waals surface area contributed by atoms with Crippen LogP contribution < -0.4 is 5.32 Å². The van der Waals surface area contributed by atoms with Crippen LogP contribution in [0.25, 0.3) is 11.4 Å². The molecule has 7 nitrogen and oxygen atoms in total. The molecular weight excluding hydrogens is 472 g/mol. The second kappa shape index (κ2) is 9.90. The van der Waals surface area contributed by atoms with Crippen LogP contribution in [0, 0.1) is 36.5 Å². The van der Waals surface area contributed by atoms with Crippen LogP contribution in [0.1, 0.15) is 71.9 Å². The van der Waals surface area contributed by atoms with Crippen molar-refractivity contribution in [1.29, 1.82) is 5.26 Å². The average Bonchev–Trinajstić information content (AvgIpc) is 3.36. The number of hydrogen-bond acceptors (Lipinski definition) is 6. The van der Waals surface area contributed by atoms with Gasteiger partial charge in [-0.3, -0.25) is 4.79 Å². The summed E-state index contributed by atoms with van der Waals surface area (Å²) in [4.78, 5) is 34.4. The predicted molar refractivity (Wildman–Crippen MR) is 141 cm³/mol. The molecule has 2 aromatic heterocycles. The molecule has 0 fully saturated rings. The van der Waals surface area contributed by atoms with E-state index in [2.05, 4.69) is 42.1 Å². The minimum Gasteiger partial charge on any atom is -0.449 e. The fraction of sp³-hybridized carbons (Fsp3) is 0.429. The largest absolute Gasteiger partial charge is 0.449 e. The molecule has 0 bridgehead atoms. The van der Waals surface area contributed by atoms with Gasteiger partial charge in [0.2, 0.25) is 0 Å². The Morgan fingerprint density at radius 3 is 2.53 bits per heavy atom. The molecule has 0 saturated carbocycles. The summed E-state index contributed by atoms with van der Waals surface area (Å²) in [6, 6.07) is 9.16. The van der Waals surface area contributed by atoms with Crippen LogP contribution in [0.3, 0.4) is 0 Å². The SMILES string of the molecule is Cc1nc(-c2ccc(C(=O)OC(C)C(=O)Nc3sc4c(c3C#N)CCC(C(C)(C)C)C4)cc2)[nH]c1C. The summed E-state index contributed by atoms with van der Waals surface area (Å²) in [5.74, 6) is 0.225. The number of H-pyrrole nitrogens is 1. The van der Waals surface area contributed by atoms with E-state index in [9.17, 15) is 14.9 Å². The molecule has 2 atom stereocenters. The summed E-state index contributed by atoms with van der Waals surface area (Å²) in [5.41, 5.74) is 4.89. The number of amides is 1. The smallest absolute Gasteiger partial charge is 0.338 e. The van der Waals surface area contributed by atoms with Gasteiger partial charge in [-0.25, -0.2) is 9.78 Å². The number of nitriles is 1. The molecule has 2 N–H and O–H groups in total. The Bertz CT molecular complexity index is 1320. The molecule has 36 heavy (non-hydrogen) atoms. The average molecular weight is 505 g/mol. The number of ether oxygens (including phenoxy) is 1. The number of thiophene rings is 1. The van der Waals surface area contributed by atoms with Crippen molar-refractivity contribution in [2.75, 3.05) is 5.32 Å². The van der Waals surface area contributed by atoms with Crippen LogP contribution in [0.5, 0.6) is 0 Å². The number of benzene rings is 1. The Hall–Kier alpha value is -3.44. The second-order valence-corrected chi connectivity index (χ2v) is 11.6. The summed E-state index contributed by atoms with van der Waals surface area (Å²) in [6.07, 6.45) is 1.76. The number of nitrogens with one attached hydrogen (secondary N) is 2. The van der Waals surface area contributed by atoms with Crippen molar-refractivity contribution >= 4 is 28.2 Å². The third kappa shape index (κ3) is 5.21. The highest BCUT2D eigenvalue weighted by molar-refractivity contribution is 7.16. The van der Waals surface area contributed by atoms with E-state index >= 15 is 0 Å². The number of carbonyl (C=O) groups excluding carboxylic acids is 2. The first-order valence-electron chi connectivity index (χ1n) is 12.2. The number of carbonyl (C=O) groups is 2. The standard InChI is InChI=1S/C28H32N4O3S/c1-15-16(2)31-24(30-15)18-7-9-19(10-8-18)27(34)35-17(3)25(33)32-26-22(14-29)21-12-11-20(28(4,5)6)13-23(21)36-26/h7-10,17,20H,11-13H2,1-6H3,(H,30,31)(H,32,33). The first kappa shape index (κ1) is 25.6. The van der Waals surface area contributed by atoms with Crippen LogP contribution in [-0.4, -0.2) is 27.9 Å². The van der Waals surface area contributed by atoms with Gasteiger partial charge in [0.1, 0.15) is 16.9 Å². The molecule has 1 aromatic carbocycles. The Kier molecular flexibility index (Phi) is 7.05. The van der Waals surface area contributed by atoms with Crippen LogP contribution in [0.2, 0.25) is 0 Å². The maximum absolute atomic E-state index is 12.9. The molecule has 1 aliphatic rings. The molecule has 0 spiro atoms. The molecule has 1 amide bonds. The fourth-order valence-corrected chi connectivity index (χ4v) is 5.76. The topological polar surface area (TPSA) is 108 Å². The van der Waals surface area contributed by atoms with E-state index in [4.69, 9.17) is 4.74 Å². The molecule has 8 heteroatoms.